The number of aryl methyl sites for hydroxylation is 1. The van der Waals surface area contributed by atoms with Gasteiger partial charge < -0.3 is 25.6 Å². The Kier molecular flexibility index (Phi) is 8.64. The second kappa shape index (κ2) is 11.5. The van der Waals surface area contributed by atoms with Crippen molar-refractivity contribution in [1.29, 1.82) is 0 Å². The van der Waals surface area contributed by atoms with Crippen molar-refractivity contribution in [3.63, 3.8) is 0 Å². The summed E-state index contributed by atoms with van der Waals surface area (Å²) in [6.07, 6.45) is 3.42. The van der Waals surface area contributed by atoms with Crippen LogP contribution in [0.15, 0.2) is 24.3 Å². The molecule has 2 heterocycles. The van der Waals surface area contributed by atoms with Crippen LogP contribution in [0.2, 0.25) is 0 Å². The normalized spacial score (nSPS) is 27.7. The number of rotatable bonds is 7. The van der Waals surface area contributed by atoms with Gasteiger partial charge in [-0.15, -0.1) is 0 Å². The first-order valence-corrected chi connectivity index (χ1v) is 12.4. The Morgan fingerprint density at radius 1 is 1.06 bits per heavy atom. The molecule has 3 N–H and O–H groups in total. The van der Waals surface area contributed by atoms with Gasteiger partial charge in [0, 0.05) is 19.4 Å². The average molecular weight is 485 g/mol. The zero-order chi connectivity index (χ0) is 25.6. The molecule has 0 radical (unpaired) electrons. The molecule has 2 aliphatic heterocycles. The summed E-state index contributed by atoms with van der Waals surface area (Å²) in [4.78, 5) is 65.8. The molecule has 0 spiro atoms. The van der Waals surface area contributed by atoms with Crippen LogP contribution >= 0.6 is 0 Å². The van der Waals surface area contributed by atoms with E-state index in [-0.39, 0.29) is 37.5 Å². The molecule has 1 aromatic rings. The Bertz CT molecular complexity index is 963. The highest BCUT2D eigenvalue weighted by Crippen LogP contribution is 2.22. The van der Waals surface area contributed by atoms with E-state index in [1.807, 2.05) is 31.2 Å². The summed E-state index contributed by atoms with van der Waals surface area (Å²) in [5, 5.41) is 8.47. The fourth-order valence-electron chi connectivity index (χ4n) is 4.59. The Morgan fingerprint density at radius 2 is 1.77 bits per heavy atom. The third kappa shape index (κ3) is 6.26. The van der Waals surface area contributed by atoms with Crippen LogP contribution in [0.5, 0.6) is 0 Å². The van der Waals surface area contributed by atoms with Gasteiger partial charge in [0.25, 0.3) is 0 Å². The molecule has 2 aliphatic rings. The number of nitrogens with one attached hydrogen (secondary N) is 3. The molecule has 1 aromatic carbocycles. The van der Waals surface area contributed by atoms with Crippen LogP contribution in [0.25, 0.3) is 0 Å². The molecule has 9 heteroatoms. The van der Waals surface area contributed by atoms with Gasteiger partial charge in [0.2, 0.25) is 23.6 Å². The van der Waals surface area contributed by atoms with Gasteiger partial charge in [0.15, 0.2) is 0 Å². The molecule has 1 unspecified atom stereocenters. The number of benzene rings is 1. The van der Waals surface area contributed by atoms with Crippen LogP contribution in [0.3, 0.4) is 0 Å². The summed E-state index contributed by atoms with van der Waals surface area (Å²) in [7, 11) is 0. The number of carbonyl (C=O) groups is 5. The summed E-state index contributed by atoms with van der Waals surface area (Å²) in [5.74, 6) is -1.62. The standard InChI is InChI=1S/C26H36N4O5/c1-4-26(3)25(35)28-20(16-18-12-10-17(2)11-13-18)24(34)30-14-7-9-21(30)23(33)27-19(22(32)29-26)8-5-6-15-31/h10-13,15,19-21H,4-9,14,16H2,1-3H3,(H,27,33)(H,28,35)(H,29,32)/t19-,20?,21+,26-/m0/s1. The zero-order valence-electron chi connectivity index (χ0n) is 20.8. The van der Waals surface area contributed by atoms with E-state index in [1.54, 1.807) is 13.8 Å². The van der Waals surface area contributed by atoms with Crippen LogP contribution in [0, 0.1) is 6.92 Å². The second-order valence-electron chi connectivity index (χ2n) is 9.74. The number of unbranched alkanes of at least 4 members (excludes halogenated alkanes) is 1. The zero-order valence-corrected chi connectivity index (χ0v) is 20.8. The van der Waals surface area contributed by atoms with Crippen molar-refractivity contribution >= 4 is 29.9 Å². The number of fused-ring (bicyclic) bond motifs is 1. The topological polar surface area (TPSA) is 125 Å². The van der Waals surface area contributed by atoms with E-state index >= 15 is 0 Å². The molecule has 0 saturated carbocycles. The van der Waals surface area contributed by atoms with Crippen molar-refractivity contribution in [2.24, 2.45) is 0 Å². The number of hydrogen-bond acceptors (Lipinski definition) is 5. The maximum Gasteiger partial charge on any atom is 0.246 e. The minimum Gasteiger partial charge on any atom is -0.343 e. The molecule has 3 rings (SSSR count). The molecule has 35 heavy (non-hydrogen) atoms. The van der Waals surface area contributed by atoms with E-state index in [9.17, 15) is 24.0 Å². The number of aldehydes is 1. The smallest absolute Gasteiger partial charge is 0.246 e. The first kappa shape index (κ1) is 26.4. The van der Waals surface area contributed by atoms with Crippen LogP contribution < -0.4 is 16.0 Å². The van der Waals surface area contributed by atoms with Gasteiger partial charge in [0.05, 0.1) is 0 Å². The molecule has 2 fully saturated rings. The lowest BCUT2D eigenvalue weighted by molar-refractivity contribution is -0.144. The Labute approximate surface area is 206 Å². The van der Waals surface area contributed by atoms with Gasteiger partial charge in [-0.1, -0.05) is 36.8 Å². The molecule has 9 nitrogen and oxygen atoms in total. The van der Waals surface area contributed by atoms with Gasteiger partial charge in [0.1, 0.15) is 30.0 Å². The molecule has 0 bridgehead atoms. The van der Waals surface area contributed by atoms with E-state index in [1.165, 1.54) is 4.90 Å². The lowest BCUT2D eigenvalue weighted by Gasteiger charge is -2.35. The van der Waals surface area contributed by atoms with Gasteiger partial charge >= 0.3 is 0 Å². The van der Waals surface area contributed by atoms with E-state index in [0.29, 0.717) is 25.8 Å². The lowest BCUT2D eigenvalue weighted by atomic mass is 9.94. The van der Waals surface area contributed by atoms with Gasteiger partial charge in [-0.3, -0.25) is 19.2 Å². The molecule has 190 valence electrons. The highest BCUT2D eigenvalue weighted by Gasteiger charge is 2.43. The predicted molar refractivity (Wildman–Crippen MR) is 130 cm³/mol. The van der Waals surface area contributed by atoms with Crippen molar-refractivity contribution in [2.45, 2.75) is 89.4 Å². The fourth-order valence-corrected chi connectivity index (χ4v) is 4.59. The predicted octanol–water partition coefficient (Wildman–Crippen LogP) is 1.17. The minimum atomic E-state index is -1.28. The molecule has 0 aromatic heterocycles. The van der Waals surface area contributed by atoms with Crippen molar-refractivity contribution in [3.05, 3.63) is 35.4 Å². The summed E-state index contributed by atoms with van der Waals surface area (Å²) < 4.78 is 0. The summed E-state index contributed by atoms with van der Waals surface area (Å²) >= 11 is 0. The first-order valence-electron chi connectivity index (χ1n) is 12.4. The molecular formula is C26H36N4O5. The molecule has 0 aliphatic carbocycles. The first-order chi connectivity index (χ1) is 16.7. The van der Waals surface area contributed by atoms with E-state index < -0.39 is 35.5 Å². The maximum absolute atomic E-state index is 13.7. The highest BCUT2D eigenvalue weighted by molar-refractivity contribution is 5.99. The fraction of sp³-hybridized carbons (Fsp3) is 0.577. The van der Waals surface area contributed by atoms with Gasteiger partial charge in [-0.25, -0.2) is 0 Å². The second-order valence-corrected chi connectivity index (χ2v) is 9.74. The van der Waals surface area contributed by atoms with Crippen molar-refractivity contribution in [2.75, 3.05) is 6.54 Å². The van der Waals surface area contributed by atoms with E-state index in [2.05, 4.69) is 16.0 Å². The maximum atomic E-state index is 13.7. The lowest BCUT2D eigenvalue weighted by Crippen LogP contribution is -2.65. The summed E-state index contributed by atoms with van der Waals surface area (Å²) in [6.45, 7) is 5.77. The summed E-state index contributed by atoms with van der Waals surface area (Å²) in [5.41, 5.74) is 0.696. The quantitative estimate of drug-likeness (QED) is 0.396. The number of nitrogens with zero attached hydrogens (tertiary/aromatic N) is 1. The number of amides is 4. The monoisotopic (exact) mass is 484 g/mol. The third-order valence-corrected chi connectivity index (χ3v) is 7.06. The molecular weight excluding hydrogens is 448 g/mol. The van der Waals surface area contributed by atoms with Gasteiger partial charge in [-0.05, 0) is 51.5 Å². The van der Waals surface area contributed by atoms with Crippen LogP contribution in [-0.2, 0) is 30.4 Å². The van der Waals surface area contributed by atoms with Crippen LogP contribution in [0.4, 0.5) is 0 Å². The Morgan fingerprint density at radius 3 is 2.43 bits per heavy atom. The summed E-state index contributed by atoms with van der Waals surface area (Å²) in [6, 6.07) is 5.26. The van der Waals surface area contributed by atoms with Gasteiger partial charge in [-0.2, -0.15) is 0 Å². The van der Waals surface area contributed by atoms with Crippen molar-refractivity contribution in [3.8, 4) is 0 Å². The van der Waals surface area contributed by atoms with E-state index in [0.717, 1.165) is 17.4 Å². The number of hydrogen-bond donors (Lipinski definition) is 3. The Hall–Kier alpha value is -3.23. The van der Waals surface area contributed by atoms with E-state index in [4.69, 9.17) is 0 Å². The Balaban J connectivity index is 1.95. The number of carbonyl (C=O) groups excluding carboxylic acids is 5. The SMILES string of the molecule is CC[C@]1(C)NC(=O)[C@H](CCCC=O)NC(=O)[C@H]2CCCN2C(=O)C(Cc2ccc(C)cc2)NC1=O. The van der Waals surface area contributed by atoms with Crippen molar-refractivity contribution in [1.82, 2.24) is 20.9 Å². The van der Waals surface area contributed by atoms with Crippen LogP contribution in [-0.4, -0.2) is 65.0 Å². The largest absolute Gasteiger partial charge is 0.343 e. The third-order valence-electron chi connectivity index (χ3n) is 7.06. The van der Waals surface area contributed by atoms with Crippen LogP contribution in [0.1, 0.15) is 63.5 Å². The average Bonchev–Trinajstić information content (AvgIpc) is 3.33. The minimum absolute atomic E-state index is 0.258. The molecule has 4 atom stereocenters. The highest BCUT2D eigenvalue weighted by atomic mass is 16.2. The molecule has 2 saturated heterocycles. The van der Waals surface area contributed by atoms with Crippen molar-refractivity contribution < 1.29 is 24.0 Å². The molecule has 4 amide bonds.